The fourth-order valence-electron chi connectivity index (χ4n) is 9.19. The van der Waals surface area contributed by atoms with Crippen molar-refractivity contribution >= 4 is 30.5 Å². The van der Waals surface area contributed by atoms with Crippen molar-refractivity contribution in [3.8, 4) is 12.1 Å². The number of hydrogen-bond donors (Lipinski definition) is 6. The number of nitrogen functional groups attached to an aromatic ring is 2. The van der Waals surface area contributed by atoms with Crippen molar-refractivity contribution in [2.75, 3.05) is 44.5 Å². The van der Waals surface area contributed by atoms with Gasteiger partial charge in [0.2, 0.25) is 11.2 Å². The van der Waals surface area contributed by atoms with E-state index in [0.29, 0.717) is 17.6 Å². The molecule has 4 aromatic heterocycles. The van der Waals surface area contributed by atoms with E-state index < -0.39 is 75.0 Å². The molecule has 71 heavy (non-hydrogen) atoms. The SMILES string of the molecule is CCCCCCCCCCCCCCCCCCOC[C@H](COP(=O)(OC[C@H]1O[C@@](C#N)(c2ccc3c(N)ncnn23)[C@H](O)[C@@H]1O)OC[C@H]1O[C@@](C#N)(c2ccc3c(N)ncnn23)[C@H](O)[C@@H]1O)OC(C)C. The third-order valence-corrected chi connectivity index (χ3v) is 14.5. The van der Waals surface area contributed by atoms with Crippen LogP contribution in [0.3, 0.4) is 0 Å². The zero-order valence-corrected chi connectivity index (χ0v) is 42.1. The maximum absolute atomic E-state index is 14.7. The molecule has 2 aliphatic heterocycles. The molecule has 4 aromatic rings. The Hall–Kier alpha value is -4.39. The molecule has 0 saturated carbocycles. The molecular weight excluding hydrogens is 940 g/mol. The Morgan fingerprint density at radius 1 is 0.676 bits per heavy atom. The maximum atomic E-state index is 14.7. The smallest absolute Gasteiger partial charge is 0.387 e. The third-order valence-electron chi connectivity index (χ3n) is 13.1. The van der Waals surface area contributed by atoms with E-state index in [-0.39, 0.29) is 42.3 Å². The average Bonchev–Trinajstić information content (AvgIpc) is 4.12. The van der Waals surface area contributed by atoms with E-state index in [0.717, 1.165) is 31.9 Å². The number of phosphoric acid groups is 1. The second-order valence-electron chi connectivity index (χ2n) is 18.7. The van der Waals surface area contributed by atoms with Crippen molar-refractivity contribution < 1.29 is 57.5 Å². The number of nitrogens with two attached hydrogens (primary N) is 2. The number of unbranched alkanes of at least 4 members (excludes halogenated alkanes) is 15. The summed E-state index contributed by atoms with van der Waals surface area (Å²) in [4.78, 5) is 7.89. The van der Waals surface area contributed by atoms with E-state index in [1.807, 2.05) is 26.0 Å². The molecule has 0 unspecified atom stereocenters. The molecule has 2 aliphatic rings. The second kappa shape index (κ2) is 26.5. The van der Waals surface area contributed by atoms with Gasteiger partial charge in [0.25, 0.3) is 0 Å². The normalized spacial score (nSPS) is 25.1. The number of nitrogens with zero attached hydrogens (tertiary/aromatic N) is 8. The molecule has 22 nitrogen and oxygen atoms in total. The molecule has 0 spiro atoms. The Labute approximate surface area is 415 Å². The van der Waals surface area contributed by atoms with Gasteiger partial charge in [0.1, 0.15) is 78.6 Å². The van der Waals surface area contributed by atoms with E-state index in [4.69, 9.17) is 44.0 Å². The number of phosphoric ester groups is 1. The number of ether oxygens (including phenoxy) is 4. The highest BCUT2D eigenvalue weighted by atomic mass is 31.2. The molecule has 0 bridgehead atoms. The van der Waals surface area contributed by atoms with Crippen molar-refractivity contribution in [3.05, 3.63) is 48.3 Å². The third kappa shape index (κ3) is 13.6. The number of aliphatic hydroxyl groups is 4. The van der Waals surface area contributed by atoms with Crippen LogP contribution in [0, 0.1) is 22.7 Å². The zero-order chi connectivity index (χ0) is 51.0. The first-order valence-corrected chi connectivity index (χ1v) is 26.5. The van der Waals surface area contributed by atoms with Gasteiger partial charge in [-0.25, -0.2) is 23.6 Å². The molecule has 0 aromatic carbocycles. The molecule has 23 heteroatoms. The van der Waals surface area contributed by atoms with Crippen LogP contribution in [0.4, 0.5) is 11.6 Å². The van der Waals surface area contributed by atoms with Crippen LogP contribution < -0.4 is 11.5 Å². The highest BCUT2D eigenvalue weighted by Gasteiger charge is 2.59. The van der Waals surface area contributed by atoms with Crippen molar-refractivity contribution in [3.63, 3.8) is 0 Å². The van der Waals surface area contributed by atoms with Gasteiger partial charge in [-0.2, -0.15) is 20.7 Å². The fourth-order valence-corrected chi connectivity index (χ4v) is 10.4. The number of fused-ring (bicyclic) bond motifs is 2. The fraction of sp³-hybridized carbons (Fsp3) is 0.708. The van der Waals surface area contributed by atoms with Crippen molar-refractivity contribution in [1.82, 2.24) is 29.2 Å². The van der Waals surface area contributed by atoms with E-state index in [1.54, 1.807) is 0 Å². The Kier molecular flexibility index (Phi) is 20.9. The highest BCUT2D eigenvalue weighted by molar-refractivity contribution is 7.48. The monoisotopic (exact) mass is 1010 g/mol. The van der Waals surface area contributed by atoms with Crippen LogP contribution in [0.5, 0.6) is 0 Å². The summed E-state index contributed by atoms with van der Waals surface area (Å²) in [6.07, 6.45) is 11.0. The summed E-state index contributed by atoms with van der Waals surface area (Å²) in [6, 6.07) is 9.81. The zero-order valence-electron chi connectivity index (χ0n) is 41.2. The van der Waals surface area contributed by atoms with Crippen molar-refractivity contribution in [2.45, 2.75) is 184 Å². The molecule has 0 amide bonds. The number of aliphatic hydroxyl groups excluding tert-OH is 4. The van der Waals surface area contributed by atoms with Crippen LogP contribution in [0.2, 0.25) is 0 Å². The van der Waals surface area contributed by atoms with Crippen molar-refractivity contribution in [1.29, 1.82) is 10.5 Å². The van der Waals surface area contributed by atoms with Gasteiger partial charge in [0.05, 0.1) is 43.9 Å². The van der Waals surface area contributed by atoms with Gasteiger partial charge in [-0.05, 0) is 44.5 Å². The van der Waals surface area contributed by atoms with Gasteiger partial charge in [-0.3, -0.25) is 13.6 Å². The van der Waals surface area contributed by atoms with Gasteiger partial charge in [-0.1, -0.05) is 103 Å². The lowest BCUT2D eigenvalue weighted by molar-refractivity contribution is -0.0845. The van der Waals surface area contributed by atoms with Gasteiger partial charge in [0, 0.05) is 6.61 Å². The number of anilines is 2. The van der Waals surface area contributed by atoms with E-state index >= 15 is 0 Å². The first kappa shape index (κ1) is 55.9. The standard InChI is InChI=1S/C48H73N10O12P/c1-4-5-6-7-8-9-10-11-12-13-14-15-16-17-18-19-24-64-25-34(68-33(2)3)26-65-71(63,66-27-37-41(59)43(61)47(29-49,69-37)39-22-20-35-45(51)53-31-55-57(35)39)67-28-38-42(60)44(62)48(30-50,70-38)40-23-21-36-46(52)54-32-56-58(36)40/h20-23,31-34,37-38,41-44,59-62H,4-19,24-28H2,1-3H3,(H2,51,53,55)(H2,52,54,56)/t34-,37-,38-,41-,42-,43-,44-,47+,48+/m1/s1. The minimum absolute atomic E-state index is 0.0268. The van der Waals surface area contributed by atoms with E-state index in [9.17, 15) is 35.5 Å². The summed E-state index contributed by atoms with van der Waals surface area (Å²) < 4.78 is 58.8. The lowest BCUT2D eigenvalue weighted by Crippen LogP contribution is -2.41. The van der Waals surface area contributed by atoms with Crippen LogP contribution in [0.15, 0.2) is 36.9 Å². The highest BCUT2D eigenvalue weighted by Crippen LogP contribution is 2.52. The first-order valence-electron chi connectivity index (χ1n) is 25.1. The predicted molar refractivity (Wildman–Crippen MR) is 259 cm³/mol. The lowest BCUT2D eigenvalue weighted by Gasteiger charge is -2.26. The molecule has 6 heterocycles. The maximum Gasteiger partial charge on any atom is 0.475 e. The summed E-state index contributed by atoms with van der Waals surface area (Å²) in [6.45, 7) is 4.50. The second-order valence-corrected chi connectivity index (χ2v) is 20.4. The van der Waals surface area contributed by atoms with Crippen LogP contribution in [-0.2, 0) is 48.3 Å². The van der Waals surface area contributed by atoms with E-state index in [2.05, 4.69) is 27.1 Å². The summed E-state index contributed by atoms with van der Waals surface area (Å²) in [5.74, 6) is 0.175. The molecule has 0 radical (unpaired) electrons. The lowest BCUT2D eigenvalue weighted by atomic mass is 9.92. The van der Waals surface area contributed by atoms with Crippen molar-refractivity contribution in [2.24, 2.45) is 0 Å². The molecule has 8 N–H and O–H groups in total. The van der Waals surface area contributed by atoms with Gasteiger partial charge in [-0.15, -0.1) is 0 Å². The number of rotatable bonds is 32. The van der Waals surface area contributed by atoms with Gasteiger partial charge in [0.15, 0.2) is 11.6 Å². The molecule has 2 saturated heterocycles. The van der Waals surface area contributed by atoms with Crippen LogP contribution in [0.25, 0.3) is 11.0 Å². The first-order chi connectivity index (χ1) is 34.2. The number of aromatic nitrogens is 6. The largest absolute Gasteiger partial charge is 0.475 e. The Morgan fingerprint density at radius 2 is 1.10 bits per heavy atom. The van der Waals surface area contributed by atoms with Crippen LogP contribution in [0.1, 0.15) is 135 Å². The Morgan fingerprint density at radius 3 is 1.51 bits per heavy atom. The molecule has 0 aliphatic carbocycles. The number of hydrogen-bond acceptors (Lipinski definition) is 20. The molecular formula is C48H73N10O12P. The van der Waals surface area contributed by atoms with Gasteiger partial charge < -0.3 is 50.8 Å². The molecule has 6 rings (SSSR count). The summed E-state index contributed by atoms with van der Waals surface area (Å²) in [7, 11) is -4.84. The quantitative estimate of drug-likeness (QED) is 0.0258. The summed E-state index contributed by atoms with van der Waals surface area (Å²) >= 11 is 0. The predicted octanol–water partition coefficient (Wildman–Crippen LogP) is 5.55. The summed E-state index contributed by atoms with van der Waals surface area (Å²) in [5, 5.41) is 74.4. The molecule has 9 atom stereocenters. The topological polar surface area (TPSA) is 323 Å². The summed E-state index contributed by atoms with van der Waals surface area (Å²) in [5.41, 5.74) is 8.27. The molecule has 392 valence electrons. The Balaban J connectivity index is 1.06. The molecule has 2 fully saturated rings. The van der Waals surface area contributed by atoms with Gasteiger partial charge >= 0.3 is 7.82 Å². The Bertz CT molecular complexity index is 2280. The minimum atomic E-state index is -4.84. The average molecular weight is 1010 g/mol. The van der Waals surface area contributed by atoms with Crippen LogP contribution >= 0.6 is 7.82 Å². The van der Waals surface area contributed by atoms with Crippen LogP contribution in [-0.4, -0.2) is 131 Å². The van der Waals surface area contributed by atoms with E-state index in [1.165, 1.54) is 117 Å². The number of nitriles is 2. The minimum Gasteiger partial charge on any atom is -0.387 e.